The standard InChI is InChI=1S/C18H23F2NO5S.C17H22BrF2NO4S.CH3F/c1-17(2,3)26-16(23)21-10-8-14(9-11-21)18(19,20)27(24,25)15-7-5-4-6-13(15)12-22;1-16(2,3)25-15(22)21-10-8-12(9-11-21)17(19,20)26(23,24)14-7-5-4-6-13(14)18;1-2/h4-7,12,14H,8-11H2,1-3H3;4-7,12H,8-11H2,1-3H3;1H3/i;;1D. The van der Waals surface area contributed by atoms with Crippen molar-refractivity contribution >= 4 is 54.1 Å². The minimum atomic E-state index is -5.05. The first-order chi connectivity index (χ1) is 25.7. The molecule has 0 unspecified atom stereocenters. The Kier molecular flexibility index (Phi) is 15.7. The van der Waals surface area contributed by atoms with Crippen LogP contribution in [-0.2, 0) is 29.1 Å². The van der Waals surface area contributed by atoms with Gasteiger partial charge < -0.3 is 19.3 Å². The van der Waals surface area contributed by atoms with Crippen molar-refractivity contribution < 1.29 is 64.0 Å². The van der Waals surface area contributed by atoms with Crippen molar-refractivity contribution in [3.05, 3.63) is 58.6 Å². The molecule has 0 N–H and O–H groups in total. The Hall–Kier alpha value is -3.32. The smallest absolute Gasteiger partial charge is 0.410 e. The zero-order valence-electron chi connectivity index (χ0n) is 32.4. The Morgan fingerprint density at radius 1 is 0.709 bits per heavy atom. The van der Waals surface area contributed by atoms with Gasteiger partial charge in [0.2, 0.25) is 19.7 Å². The van der Waals surface area contributed by atoms with E-state index in [0.29, 0.717) is 0 Å². The molecule has 0 aliphatic carbocycles. The van der Waals surface area contributed by atoms with E-state index in [9.17, 15) is 53.2 Å². The van der Waals surface area contributed by atoms with Crippen LogP contribution in [0.5, 0.6) is 0 Å². The first kappa shape index (κ1) is 46.1. The fourth-order valence-corrected chi connectivity index (χ4v) is 9.79. The van der Waals surface area contributed by atoms with Crippen molar-refractivity contribution in [3.8, 4) is 0 Å². The van der Waals surface area contributed by atoms with E-state index in [0.717, 1.165) is 12.1 Å². The van der Waals surface area contributed by atoms with Gasteiger partial charge in [-0.15, -0.1) is 0 Å². The molecule has 2 amide bonds. The van der Waals surface area contributed by atoms with Gasteiger partial charge in [0.15, 0.2) is 6.29 Å². The molecule has 2 aromatic rings. The predicted molar refractivity (Wildman–Crippen MR) is 198 cm³/mol. The third kappa shape index (κ3) is 11.8. The number of likely N-dealkylation sites (tertiary alicyclic amines) is 2. The van der Waals surface area contributed by atoms with Gasteiger partial charge in [0, 0.05) is 48.1 Å². The van der Waals surface area contributed by atoms with Crippen LogP contribution in [0, 0.1) is 11.8 Å². The number of carbonyl (C=O) groups is 3. The Morgan fingerprint density at radius 3 is 1.38 bits per heavy atom. The topological polar surface area (TPSA) is 144 Å². The fraction of sp³-hybridized carbons (Fsp3) is 0.583. The van der Waals surface area contributed by atoms with Crippen LogP contribution < -0.4 is 0 Å². The lowest BCUT2D eigenvalue weighted by molar-refractivity contribution is -0.0179. The normalized spacial score (nSPS) is 16.8. The van der Waals surface area contributed by atoms with Crippen molar-refractivity contribution in [2.24, 2.45) is 11.8 Å². The first-order valence-electron chi connectivity index (χ1n) is 17.7. The number of sulfone groups is 2. The molecule has 19 heteroatoms. The summed E-state index contributed by atoms with van der Waals surface area (Å²) in [5.74, 6) is -2.82. The van der Waals surface area contributed by atoms with E-state index in [1.807, 2.05) is 0 Å². The van der Waals surface area contributed by atoms with Gasteiger partial charge in [0.1, 0.15) is 11.2 Å². The van der Waals surface area contributed by atoms with Crippen molar-refractivity contribution in [1.29, 1.82) is 0 Å². The lowest BCUT2D eigenvalue weighted by Crippen LogP contribution is -2.47. The molecular formula is C36H48BrF5N2O9S2. The van der Waals surface area contributed by atoms with E-state index in [1.165, 1.54) is 40.1 Å². The van der Waals surface area contributed by atoms with Crippen LogP contribution in [0.25, 0.3) is 0 Å². The molecular weight excluding hydrogens is 843 g/mol. The summed E-state index contributed by atoms with van der Waals surface area (Å²) in [5.41, 5.74) is -1.69. The van der Waals surface area contributed by atoms with Gasteiger partial charge in [0.25, 0.3) is 0 Å². The molecule has 0 saturated carbocycles. The third-order valence-electron chi connectivity index (χ3n) is 8.42. The maximum Gasteiger partial charge on any atom is 0.410 e. The Balaban J connectivity index is 0.000000362. The zero-order valence-corrected chi connectivity index (χ0v) is 34.6. The van der Waals surface area contributed by atoms with Gasteiger partial charge >= 0.3 is 22.7 Å². The first-order valence-corrected chi connectivity index (χ1v) is 20.8. The lowest BCUT2D eigenvalue weighted by atomic mass is 9.97. The van der Waals surface area contributed by atoms with Crippen LogP contribution in [0.4, 0.5) is 31.5 Å². The number of hydrogen-bond acceptors (Lipinski definition) is 9. The molecule has 310 valence electrons. The predicted octanol–water partition coefficient (Wildman–Crippen LogP) is 8.56. The van der Waals surface area contributed by atoms with Gasteiger partial charge in [0.05, 0.1) is 18.3 Å². The number of piperidine rings is 2. The summed E-state index contributed by atoms with van der Waals surface area (Å²) in [7, 11) is -10.9. The summed E-state index contributed by atoms with van der Waals surface area (Å²) < 4.78 is 135. The minimum Gasteiger partial charge on any atom is -0.444 e. The Morgan fingerprint density at radius 2 is 1.04 bits per heavy atom. The van der Waals surface area contributed by atoms with E-state index >= 15 is 0 Å². The molecule has 2 heterocycles. The number of alkyl halides is 5. The summed E-state index contributed by atoms with van der Waals surface area (Å²) in [5, 5.41) is -7.97. The average molecular weight is 893 g/mol. The van der Waals surface area contributed by atoms with Crippen LogP contribution >= 0.6 is 15.9 Å². The Bertz CT molecular complexity index is 1880. The molecule has 2 aliphatic heterocycles. The molecule has 2 aromatic carbocycles. The maximum absolute atomic E-state index is 14.8. The number of rotatable bonds is 7. The monoisotopic (exact) mass is 891 g/mol. The molecule has 0 atom stereocenters. The van der Waals surface area contributed by atoms with E-state index < -0.39 is 82.4 Å². The number of carbonyl (C=O) groups excluding carboxylic acids is 3. The molecule has 4 rings (SSSR count). The van der Waals surface area contributed by atoms with Crippen molar-refractivity contribution in [2.75, 3.05) is 33.3 Å². The summed E-state index contributed by atoms with van der Waals surface area (Å²) >= 11 is 3.02. The maximum atomic E-state index is 14.8. The van der Waals surface area contributed by atoms with Crippen molar-refractivity contribution in [1.82, 2.24) is 9.80 Å². The highest BCUT2D eigenvalue weighted by molar-refractivity contribution is 9.10. The molecule has 0 spiro atoms. The van der Waals surface area contributed by atoms with Crippen LogP contribution in [-0.4, -0.2) is 100 Å². The van der Waals surface area contributed by atoms with Crippen molar-refractivity contribution in [2.45, 2.75) is 98.7 Å². The van der Waals surface area contributed by atoms with Crippen LogP contribution in [0.15, 0.2) is 62.8 Å². The number of halogens is 6. The quantitative estimate of drug-likeness (QED) is 0.197. The second kappa shape index (κ2) is 18.7. The molecule has 2 aliphatic rings. The molecule has 0 bridgehead atoms. The van der Waals surface area contributed by atoms with E-state index in [4.69, 9.17) is 10.8 Å². The number of benzene rings is 2. The molecule has 2 fully saturated rings. The summed E-state index contributed by atoms with van der Waals surface area (Å²) in [6.07, 6.45) is -1.55. The van der Waals surface area contributed by atoms with Gasteiger partial charge in [-0.3, -0.25) is 9.18 Å². The van der Waals surface area contributed by atoms with Gasteiger partial charge in [-0.25, -0.2) is 26.4 Å². The third-order valence-corrected chi connectivity index (χ3v) is 13.4. The molecule has 11 nitrogen and oxygen atoms in total. The fourth-order valence-electron chi connectivity index (χ4n) is 5.67. The summed E-state index contributed by atoms with van der Waals surface area (Å²) in [6, 6.07) is 10.4. The number of hydrogen-bond donors (Lipinski definition) is 0. The van der Waals surface area contributed by atoms with E-state index in [1.54, 1.807) is 47.6 Å². The number of ether oxygens (including phenoxy) is 2. The highest BCUT2D eigenvalue weighted by Crippen LogP contribution is 2.43. The average Bonchev–Trinajstić information content (AvgIpc) is 3.11. The highest BCUT2D eigenvalue weighted by Gasteiger charge is 2.55. The highest BCUT2D eigenvalue weighted by atomic mass is 79.9. The molecule has 0 radical (unpaired) electrons. The van der Waals surface area contributed by atoms with Gasteiger partial charge in [-0.2, -0.15) is 17.6 Å². The molecule has 55 heavy (non-hydrogen) atoms. The molecule has 0 aromatic heterocycles. The zero-order chi connectivity index (χ0) is 42.9. The van der Waals surface area contributed by atoms with Crippen LogP contribution in [0.2, 0.25) is 0 Å². The van der Waals surface area contributed by atoms with Gasteiger partial charge in [-0.05, 0) is 101 Å². The lowest BCUT2D eigenvalue weighted by Gasteiger charge is -2.36. The van der Waals surface area contributed by atoms with Crippen molar-refractivity contribution in [3.63, 3.8) is 0 Å². The minimum absolute atomic E-state index is 0.0278. The molecule has 2 saturated heterocycles. The second-order valence-corrected chi connectivity index (χ2v) is 19.5. The largest absolute Gasteiger partial charge is 0.444 e. The number of amides is 2. The van der Waals surface area contributed by atoms with Gasteiger partial charge in [-0.1, -0.05) is 30.3 Å². The number of nitrogens with zero attached hydrogens (tertiary/aromatic N) is 2. The summed E-state index contributed by atoms with van der Waals surface area (Å²) in [6.45, 7) is 10.2. The van der Waals surface area contributed by atoms with E-state index in [-0.39, 0.29) is 68.2 Å². The second-order valence-electron chi connectivity index (χ2n) is 14.7. The van der Waals surface area contributed by atoms with E-state index in [2.05, 4.69) is 15.9 Å². The number of aldehydes is 1. The van der Waals surface area contributed by atoms with Crippen LogP contribution in [0.1, 0.15) is 79.0 Å². The van der Waals surface area contributed by atoms with Crippen LogP contribution in [0.3, 0.4) is 0 Å². The summed E-state index contributed by atoms with van der Waals surface area (Å²) in [4.78, 5) is 36.6. The Labute approximate surface area is 329 Å². The SMILES string of the molecule is CC(C)(C)OC(=O)N1CCC(C(F)(F)S(=O)(=O)c2ccccc2Br)CC1.CC(C)(C)OC(=O)N1CCC(C(F)(F)S(=O)(=O)c2ccccc2C=O)CC1.[2H]CF.